The van der Waals surface area contributed by atoms with E-state index in [0.29, 0.717) is 10.2 Å². The van der Waals surface area contributed by atoms with Gasteiger partial charge in [-0.1, -0.05) is 41.4 Å². The maximum Gasteiger partial charge on any atom is 0.410 e. The number of nitrogens with one attached hydrogen (secondary N) is 1. The fraction of sp³-hybridized carbons (Fsp3) is 0.333. The van der Waals surface area contributed by atoms with Crippen molar-refractivity contribution in [1.29, 1.82) is 0 Å². The number of nitrogens with two attached hydrogens (primary N) is 1. The molecule has 9 heteroatoms. The predicted octanol–water partition coefficient (Wildman–Crippen LogP) is 3.60. The van der Waals surface area contributed by atoms with Crippen molar-refractivity contribution in [2.45, 2.75) is 31.6 Å². The molecule has 2 unspecified atom stereocenters. The van der Waals surface area contributed by atoms with Crippen molar-refractivity contribution >= 4 is 23.3 Å². The second kappa shape index (κ2) is 5.70. The minimum atomic E-state index is -4.54. The lowest BCUT2D eigenvalue weighted by molar-refractivity contribution is -0.173. The van der Waals surface area contributed by atoms with Gasteiger partial charge in [0.15, 0.2) is 11.7 Å². The maximum atomic E-state index is 13.5. The Morgan fingerprint density at radius 2 is 2.00 bits per heavy atom. The van der Waals surface area contributed by atoms with E-state index in [0.717, 1.165) is 5.56 Å². The first-order chi connectivity index (χ1) is 11.2. The van der Waals surface area contributed by atoms with Crippen LogP contribution in [0.5, 0.6) is 0 Å². The number of aromatic nitrogens is 2. The van der Waals surface area contributed by atoms with Gasteiger partial charge in [0, 0.05) is 6.42 Å². The van der Waals surface area contributed by atoms with Crippen molar-refractivity contribution in [2.24, 2.45) is 5.73 Å². The molecule has 128 valence electrons. The first kappa shape index (κ1) is 16.6. The summed E-state index contributed by atoms with van der Waals surface area (Å²) < 4.78 is 41.1. The molecule has 2 atom stereocenters. The highest BCUT2D eigenvalue weighted by Crippen LogP contribution is 2.46. The number of anilines is 1. The number of aryl methyl sites for hydroxylation is 1. The number of primary amides is 1. The molecule has 0 spiro atoms. The third-order valence-electron chi connectivity index (χ3n) is 4.01. The average Bonchev–Trinajstić information content (AvgIpc) is 2.83. The van der Waals surface area contributed by atoms with Crippen LogP contribution in [0.15, 0.2) is 24.3 Å². The van der Waals surface area contributed by atoms with E-state index >= 15 is 0 Å². The SMILES string of the molecule is Cc1ccc(C2CC(C(F)(F)F)n3nc(C(N)=O)c(Cl)c3N2)cc1. The van der Waals surface area contributed by atoms with Crippen LogP contribution in [0.4, 0.5) is 19.0 Å². The normalized spacial score (nSPS) is 20.4. The molecule has 0 radical (unpaired) electrons. The number of benzene rings is 1. The lowest BCUT2D eigenvalue weighted by Crippen LogP contribution is -2.35. The zero-order chi connectivity index (χ0) is 17.6. The van der Waals surface area contributed by atoms with Crippen LogP contribution in [-0.2, 0) is 0 Å². The molecule has 2 aromatic rings. The molecule has 0 saturated carbocycles. The fourth-order valence-electron chi connectivity index (χ4n) is 2.76. The number of nitrogens with zero attached hydrogens (tertiary/aromatic N) is 2. The molecule has 0 fully saturated rings. The molecule has 1 aliphatic rings. The minimum absolute atomic E-state index is 0.0513. The van der Waals surface area contributed by atoms with Crippen LogP contribution < -0.4 is 11.1 Å². The standard InChI is InChI=1S/C15H14ClF3N4O/c1-7-2-4-8(5-3-7)9-6-10(15(17,18)19)23-14(21-9)11(16)12(22-23)13(20)24/h2-5,9-10,21H,6H2,1H3,(H2,20,24). The molecule has 3 N–H and O–H groups in total. The number of carbonyl (C=O) groups excluding carboxylic acids is 1. The van der Waals surface area contributed by atoms with Crippen molar-refractivity contribution in [3.8, 4) is 0 Å². The number of carbonyl (C=O) groups is 1. The number of rotatable bonds is 2. The molecule has 1 aliphatic heterocycles. The first-order valence-electron chi connectivity index (χ1n) is 7.16. The van der Waals surface area contributed by atoms with Crippen molar-refractivity contribution in [1.82, 2.24) is 9.78 Å². The van der Waals surface area contributed by atoms with Crippen LogP contribution in [0.2, 0.25) is 5.02 Å². The Hall–Kier alpha value is -2.22. The Morgan fingerprint density at radius 3 is 2.54 bits per heavy atom. The summed E-state index contributed by atoms with van der Waals surface area (Å²) in [5.74, 6) is -1.03. The number of halogens is 4. The van der Waals surface area contributed by atoms with Gasteiger partial charge in [-0.25, -0.2) is 4.68 Å². The minimum Gasteiger partial charge on any atom is -0.364 e. The Morgan fingerprint density at radius 1 is 1.38 bits per heavy atom. The van der Waals surface area contributed by atoms with Gasteiger partial charge < -0.3 is 11.1 Å². The third kappa shape index (κ3) is 2.82. The molecule has 1 amide bonds. The van der Waals surface area contributed by atoms with E-state index in [1.165, 1.54) is 0 Å². The van der Waals surface area contributed by atoms with Gasteiger partial charge in [0.1, 0.15) is 10.8 Å². The molecule has 0 saturated heterocycles. The summed E-state index contributed by atoms with van der Waals surface area (Å²) in [6.45, 7) is 1.89. The average molecular weight is 359 g/mol. The molecule has 5 nitrogen and oxygen atoms in total. The number of amides is 1. The van der Waals surface area contributed by atoms with Crippen molar-refractivity contribution in [3.63, 3.8) is 0 Å². The van der Waals surface area contributed by atoms with Gasteiger partial charge in [0.05, 0.1) is 6.04 Å². The molecule has 24 heavy (non-hydrogen) atoms. The van der Waals surface area contributed by atoms with E-state index < -0.39 is 24.2 Å². The highest BCUT2D eigenvalue weighted by atomic mass is 35.5. The monoisotopic (exact) mass is 358 g/mol. The molecule has 0 bridgehead atoms. The predicted molar refractivity (Wildman–Crippen MR) is 83.0 cm³/mol. The fourth-order valence-corrected chi connectivity index (χ4v) is 3.04. The van der Waals surface area contributed by atoms with Gasteiger partial charge in [-0.05, 0) is 12.5 Å². The lowest BCUT2D eigenvalue weighted by Gasteiger charge is -2.33. The lowest BCUT2D eigenvalue weighted by atomic mass is 9.96. The van der Waals surface area contributed by atoms with Crippen LogP contribution in [0.1, 0.15) is 40.1 Å². The van der Waals surface area contributed by atoms with E-state index in [-0.39, 0.29) is 23.0 Å². The smallest absolute Gasteiger partial charge is 0.364 e. The Bertz CT molecular complexity index is 785. The van der Waals surface area contributed by atoms with Gasteiger partial charge >= 0.3 is 6.18 Å². The largest absolute Gasteiger partial charge is 0.410 e. The molecule has 1 aromatic carbocycles. The number of fused-ring (bicyclic) bond motifs is 1. The quantitative estimate of drug-likeness (QED) is 0.861. The van der Waals surface area contributed by atoms with Crippen LogP contribution >= 0.6 is 11.6 Å². The second-order valence-electron chi connectivity index (χ2n) is 5.72. The Labute approximate surface area is 140 Å². The first-order valence-corrected chi connectivity index (χ1v) is 7.54. The molecular formula is C15H14ClF3N4O. The Kier molecular flexibility index (Phi) is 3.95. The van der Waals surface area contributed by atoms with Gasteiger partial charge in [-0.15, -0.1) is 0 Å². The zero-order valence-corrected chi connectivity index (χ0v) is 13.3. The molecular weight excluding hydrogens is 345 g/mol. The summed E-state index contributed by atoms with van der Waals surface area (Å²) in [5, 5.41) is 6.41. The highest BCUT2D eigenvalue weighted by Gasteiger charge is 2.47. The summed E-state index contributed by atoms with van der Waals surface area (Å²) in [5.41, 5.74) is 6.45. The third-order valence-corrected chi connectivity index (χ3v) is 4.37. The van der Waals surface area contributed by atoms with Gasteiger partial charge in [-0.2, -0.15) is 18.3 Å². The number of hydrogen-bond donors (Lipinski definition) is 2. The molecule has 0 aliphatic carbocycles. The zero-order valence-electron chi connectivity index (χ0n) is 12.6. The van der Waals surface area contributed by atoms with Crippen molar-refractivity contribution in [3.05, 3.63) is 46.1 Å². The number of hydrogen-bond acceptors (Lipinski definition) is 3. The second-order valence-corrected chi connectivity index (χ2v) is 6.10. The van der Waals surface area contributed by atoms with Crippen molar-refractivity contribution in [2.75, 3.05) is 5.32 Å². The molecule has 3 rings (SSSR count). The molecule has 1 aromatic heterocycles. The van der Waals surface area contributed by atoms with Crippen LogP contribution in [0.25, 0.3) is 0 Å². The summed E-state index contributed by atoms with van der Waals surface area (Å²) >= 11 is 6.02. The summed E-state index contributed by atoms with van der Waals surface area (Å²) in [6.07, 6.45) is -4.81. The molecule has 2 heterocycles. The highest BCUT2D eigenvalue weighted by molar-refractivity contribution is 6.36. The van der Waals surface area contributed by atoms with E-state index in [1.807, 2.05) is 19.1 Å². The van der Waals surface area contributed by atoms with Crippen LogP contribution in [-0.4, -0.2) is 21.9 Å². The van der Waals surface area contributed by atoms with Crippen LogP contribution in [0, 0.1) is 6.92 Å². The maximum absolute atomic E-state index is 13.5. The van der Waals surface area contributed by atoms with E-state index in [4.69, 9.17) is 17.3 Å². The topological polar surface area (TPSA) is 72.9 Å². The van der Waals surface area contributed by atoms with E-state index in [2.05, 4.69) is 10.4 Å². The van der Waals surface area contributed by atoms with E-state index in [1.54, 1.807) is 12.1 Å². The Balaban J connectivity index is 2.08. The van der Waals surface area contributed by atoms with Crippen LogP contribution in [0.3, 0.4) is 0 Å². The van der Waals surface area contributed by atoms with Crippen molar-refractivity contribution < 1.29 is 18.0 Å². The van der Waals surface area contributed by atoms with Gasteiger partial charge in [-0.3, -0.25) is 4.79 Å². The van der Waals surface area contributed by atoms with Gasteiger partial charge in [0.25, 0.3) is 5.91 Å². The summed E-state index contributed by atoms with van der Waals surface area (Å²) in [6, 6.07) is 4.65. The summed E-state index contributed by atoms with van der Waals surface area (Å²) in [7, 11) is 0. The summed E-state index contributed by atoms with van der Waals surface area (Å²) in [4.78, 5) is 11.3. The van der Waals surface area contributed by atoms with Gasteiger partial charge in [0.2, 0.25) is 0 Å². The number of alkyl halides is 3. The van der Waals surface area contributed by atoms with E-state index in [9.17, 15) is 18.0 Å².